The SMILES string of the molecule is CC(C)C[C@@H](C)C(=O)NCC(=O)N1CCC(C#CC(=O)c2ccc(OSP)c(Cl)c2Cl)CC1. The molecule has 180 valence electrons. The Bertz CT molecular complexity index is 940. The molecule has 2 atom stereocenters. The molecule has 2 rings (SSSR count). The average Bonchev–Trinajstić information content (AvgIpc) is 2.78. The van der Waals surface area contributed by atoms with E-state index in [0.29, 0.717) is 37.6 Å². The number of nitrogens with zero attached hydrogens (tertiary/aromatic N) is 1. The summed E-state index contributed by atoms with van der Waals surface area (Å²) < 4.78 is 5.25. The predicted octanol–water partition coefficient (Wildman–Crippen LogP) is 5.03. The van der Waals surface area contributed by atoms with Gasteiger partial charge in [0.25, 0.3) is 0 Å². The van der Waals surface area contributed by atoms with Gasteiger partial charge < -0.3 is 14.4 Å². The van der Waals surface area contributed by atoms with E-state index in [1.165, 1.54) is 0 Å². The van der Waals surface area contributed by atoms with Gasteiger partial charge in [-0.25, -0.2) is 0 Å². The molecular formula is C23H29Cl2N2O4PS. The van der Waals surface area contributed by atoms with E-state index in [2.05, 4.69) is 39.4 Å². The Morgan fingerprint density at radius 2 is 1.88 bits per heavy atom. The molecule has 0 bridgehead atoms. The molecule has 0 spiro atoms. The second-order valence-corrected chi connectivity index (χ2v) is 10.1. The van der Waals surface area contributed by atoms with Crippen molar-refractivity contribution in [2.75, 3.05) is 19.6 Å². The molecule has 2 amide bonds. The van der Waals surface area contributed by atoms with Gasteiger partial charge in [0.05, 0.1) is 28.8 Å². The second-order valence-electron chi connectivity index (χ2n) is 8.42. The molecule has 0 radical (unpaired) electrons. The number of nitrogens with one attached hydrogen (secondary N) is 1. The molecule has 1 N–H and O–H groups in total. The first kappa shape index (κ1) is 27.8. The molecule has 1 aromatic carbocycles. The number of Topliss-reactive ketones (excluding diaryl/α,β-unsaturated/α-hetero) is 1. The molecule has 1 aliphatic rings. The van der Waals surface area contributed by atoms with Crippen LogP contribution in [0, 0.1) is 29.6 Å². The second kappa shape index (κ2) is 13.4. The Labute approximate surface area is 212 Å². The van der Waals surface area contributed by atoms with Crippen LogP contribution in [-0.2, 0) is 9.59 Å². The van der Waals surface area contributed by atoms with Crippen molar-refractivity contribution in [3.8, 4) is 17.6 Å². The molecule has 1 saturated heterocycles. The van der Waals surface area contributed by atoms with Crippen LogP contribution in [0.5, 0.6) is 5.75 Å². The van der Waals surface area contributed by atoms with E-state index in [4.69, 9.17) is 27.4 Å². The number of amides is 2. The highest BCUT2D eigenvalue weighted by Crippen LogP contribution is 2.37. The van der Waals surface area contributed by atoms with Gasteiger partial charge in [-0.1, -0.05) is 49.9 Å². The molecule has 1 heterocycles. The smallest absolute Gasteiger partial charge is 0.241 e. The summed E-state index contributed by atoms with van der Waals surface area (Å²) in [4.78, 5) is 38.8. The molecule has 10 heteroatoms. The van der Waals surface area contributed by atoms with E-state index in [1.807, 2.05) is 6.92 Å². The number of hydrogen-bond donors (Lipinski definition) is 1. The molecule has 1 aromatic rings. The monoisotopic (exact) mass is 530 g/mol. The van der Waals surface area contributed by atoms with Crippen molar-refractivity contribution < 1.29 is 18.6 Å². The van der Waals surface area contributed by atoms with Crippen LogP contribution in [-0.4, -0.2) is 42.1 Å². The summed E-state index contributed by atoms with van der Waals surface area (Å²) in [5.74, 6) is 5.73. The maximum atomic E-state index is 12.5. The van der Waals surface area contributed by atoms with Gasteiger partial charge in [-0.3, -0.25) is 14.4 Å². The minimum Gasteiger partial charge on any atom is -0.420 e. The molecule has 1 fully saturated rings. The fourth-order valence-corrected chi connectivity index (χ4v) is 4.64. The highest BCUT2D eigenvalue weighted by atomic mass is 35.5. The van der Waals surface area contributed by atoms with Gasteiger partial charge in [0.15, 0.2) is 5.75 Å². The van der Waals surface area contributed by atoms with Crippen LogP contribution in [0.3, 0.4) is 0 Å². The van der Waals surface area contributed by atoms with Crippen molar-refractivity contribution in [2.24, 2.45) is 17.8 Å². The standard InChI is InChI=1S/C23H29Cl2N2O4PS/c1-14(2)12-15(3)23(30)26-13-20(29)27-10-8-16(9-11-27)4-6-18(28)17-5-7-19(31-33-32)22(25)21(17)24/h5,7,14-16H,8-13,32H2,1-3H3,(H,26,30)/t15-/m1/s1. The summed E-state index contributed by atoms with van der Waals surface area (Å²) in [6.07, 6.45) is 2.11. The Kier molecular flexibility index (Phi) is 11.3. The van der Waals surface area contributed by atoms with Crippen LogP contribution in [0.4, 0.5) is 0 Å². The van der Waals surface area contributed by atoms with Crippen molar-refractivity contribution in [3.05, 3.63) is 27.7 Å². The number of halogens is 2. The van der Waals surface area contributed by atoms with Gasteiger partial charge in [-0.2, -0.15) is 0 Å². The zero-order valence-electron chi connectivity index (χ0n) is 19.0. The first-order valence-electron chi connectivity index (χ1n) is 10.8. The summed E-state index contributed by atoms with van der Waals surface area (Å²) in [6, 6.07) is 3.12. The van der Waals surface area contributed by atoms with E-state index in [9.17, 15) is 14.4 Å². The highest BCUT2D eigenvalue weighted by Gasteiger charge is 2.23. The predicted molar refractivity (Wildman–Crippen MR) is 137 cm³/mol. The summed E-state index contributed by atoms with van der Waals surface area (Å²) in [5, 5.41) is 3.01. The van der Waals surface area contributed by atoms with Gasteiger partial charge in [-0.15, -0.1) is 0 Å². The van der Waals surface area contributed by atoms with Gasteiger partial charge in [0.2, 0.25) is 17.6 Å². The number of rotatable bonds is 8. The van der Waals surface area contributed by atoms with E-state index < -0.39 is 5.78 Å². The van der Waals surface area contributed by atoms with Crippen LogP contribution in [0.2, 0.25) is 10.0 Å². The largest absolute Gasteiger partial charge is 0.420 e. The third-order valence-corrected chi connectivity index (χ3v) is 6.78. The molecule has 1 unspecified atom stereocenters. The third-order valence-electron chi connectivity index (χ3n) is 5.35. The first-order valence-corrected chi connectivity index (χ1v) is 13.7. The van der Waals surface area contributed by atoms with Gasteiger partial charge in [0.1, 0.15) is 5.02 Å². The van der Waals surface area contributed by atoms with Crippen LogP contribution in [0.25, 0.3) is 0 Å². The summed E-state index contributed by atoms with van der Waals surface area (Å²) in [6.45, 7) is 7.08. The Balaban J connectivity index is 1.85. The number of ketones is 1. The topological polar surface area (TPSA) is 75.7 Å². The molecule has 0 aromatic heterocycles. The lowest BCUT2D eigenvalue weighted by Gasteiger charge is -2.30. The molecule has 0 saturated carbocycles. The first-order chi connectivity index (χ1) is 15.6. The molecule has 1 aliphatic heterocycles. The van der Waals surface area contributed by atoms with Crippen molar-refractivity contribution in [1.29, 1.82) is 0 Å². The highest BCUT2D eigenvalue weighted by molar-refractivity contribution is 8.41. The molecular weight excluding hydrogens is 502 g/mol. The Morgan fingerprint density at radius 1 is 1.21 bits per heavy atom. The summed E-state index contributed by atoms with van der Waals surface area (Å²) >= 11 is 13.4. The Morgan fingerprint density at radius 3 is 2.48 bits per heavy atom. The van der Waals surface area contributed by atoms with E-state index >= 15 is 0 Å². The number of carbonyl (C=O) groups excluding carboxylic acids is 3. The van der Waals surface area contributed by atoms with Crippen molar-refractivity contribution in [1.82, 2.24) is 10.2 Å². The van der Waals surface area contributed by atoms with Crippen LogP contribution >= 0.6 is 43.3 Å². The fourth-order valence-electron chi connectivity index (χ4n) is 3.59. The van der Waals surface area contributed by atoms with Crippen molar-refractivity contribution >= 4 is 60.9 Å². The lowest BCUT2D eigenvalue weighted by atomic mass is 9.96. The minimum atomic E-state index is -0.413. The number of carbonyl (C=O) groups is 3. The van der Waals surface area contributed by atoms with E-state index in [1.54, 1.807) is 17.0 Å². The van der Waals surface area contributed by atoms with E-state index in [-0.39, 0.29) is 45.8 Å². The third kappa shape index (κ3) is 8.37. The normalized spacial score (nSPS) is 14.9. The molecule has 33 heavy (non-hydrogen) atoms. The fraction of sp³-hybridized carbons (Fsp3) is 0.522. The quantitative estimate of drug-likeness (QED) is 0.167. The van der Waals surface area contributed by atoms with E-state index in [0.717, 1.165) is 18.1 Å². The zero-order chi connectivity index (χ0) is 24.5. The number of hydrogen-bond acceptors (Lipinski definition) is 5. The van der Waals surface area contributed by atoms with Crippen LogP contribution in [0.15, 0.2) is 12.1 Å². The Hall–Kier alpha value is -1.45. The van der Waals surface area contributed by atoms with Crippen molar-refractivity contribution in [3.63, 3.8) is 0 Å². The minimum absolute atomic E-state index is 0.00373. The van der Waals surface area contributed by atoms with Gasteiger partial charge >= 0.3 is 0 Å². The average molecular weight is 531 g/mol. The molecule has 0 aliphatic carbocycles. The maximum Gasteiger partial charge on any atom is 0.241 e. The lowest BCUT2D eigenvalue weighted by Crippen LogP contribution is -2.44. The van der Waals surface area contributed by atoms with Crippen LogP contribution < -0.4 is 9.50 Å². The van der Waals surface area contributed by atoms with Crippen LogP contribution in [0.1, 0.15) is 50.4 Å². The number of likely N-dealkylation sites (tertiary alicyclic amines) is 1. The van der Waals surface area contributed by atoms with Crippen molar-refractivity contribution in [2.45, 2.75) is 40.0 Å². The number of benzene rings is 1. The zero-order valence-corrected chi connectivity index (χ0v) is 22.4. The van der Waals surface area contributed by atoms with Gasteiger partial charge in [0, 0.05) is 24.9 Å². The molecule has 6 nitrogen and oxygen atoms in total. The lowest BCUT2D eigenvalue weighted by molar-refractivity contribution is -0.134. The number of piperidine rings is 1. The summed E-state index contributed by atoms with van der Waals surface area (Å²) in [5.41, 5.74) is 0.227. The summed E-state index contributed by atoms with van der Waals surface area (Å²) in [7, 11) is 2.33. The van der Waals surface area contributed by atoms with Gasteiger partial charge in [-0.05, 0) is 51.7 Å². The maximum absolute atomic E-state index is 12.5.